The smallest absolute Gasteiger partial charge is 0.252 e. The van der Waals surface area contributed by atoms with Crippen molar-refractivity contribution in [3.05, 3.63) is 381 Å². The Kier molecular flexibility index (Phi) is 11.2. The van der Waals surface area contributed by atoms with Gasteiger partial charge in [0.1, 0.15) is 22.3 Å². The van der Waals surface area contributed by atoms with E-state index >= 15 is 0 Å². The molecule has 0 bridgehead atoms. The predicted octanol–water partition coefficient (Wildman–Crippen LogP) is 27.1. The van der Waals surface area contributed by atoms with Crippen molar-refractivity contribution < 1.29 is 30.8 Å². The molecule has 0 unspecified atom stereocenters. The van der Waals surface area contributed by atoms with Gasteiger partial charge in [0.25, 0.3) is 6.71 Å². The molecule has 23 rings (SSSR count). The Morgan fingerprint density at radius 2 is 0.681 bits per heavy atom. The molecular formula is C106H71BN4O2. The number of rotatable bonds is 10. The van der Waals surface area contributed by atoms with Gasteiger partial charge in [0.2, 0.25) is 0 Å². The van der Waals surface area contributed by atoms with E-state index in [0.29, 0.717) is 67.4 Å². The minimum atomic E-state index is -0.857. The van der Waals surface area contributed by atoms with E-state index in [0.717, 1.165) is 99.3 Å². The fourth-order valence-electron chi connectivity index (χ4n) is 17.9. The second-order valence-electron chi connectivity index (χ2n) is 30.2. The molecule has 0 saturated carbocycles. The molecule has 0 spiro atoms. The highest BCUT2D eigenvalue weighted by Crippen LogP contribution is 2.57. The van der Waals surface area contributed by atoms with Crippen LogP contribution in [0.2, 0.25) is 0 Å². The van der Waals surface area contributed by atoms with E-state index in [1.807, 2.05) is 158 Å². The van der Waals surface area contributed by atoms with Gasteiger partial charge in [0.05, 0.1) is 55.4 Å². The summed E-state index contributed by atoms with van der Waals surface area (Å²) in [6.45, 7) is 5.66. The van der Waals surface area contributed by atoms with Crippen LogP contribution in [0.5, 0.6) is 0 Å². The van der Waals surface area contributed by atoms with Gasteiger partial charge in [-0.05, 0) is 169 Å². The number of benzene rings is 17. The molecular weight excluding hydrogens is 1370 g/mol. The van der Waals surface area contributed by atoms with Gasteiger partial charge in [-0.1, -0.05) is 293 Å². The number of para-hydroxylation sites is 7. The van der Waals surface area contributed by atoms with Gasteiger partial charge < -0.3 is 27.8 Å². The molecule has 0 atom stereocenters. The summed E-state index contributed by atoms with van der Waals surface area (Å²) in [5.41, 5.74) is 18.8. The number of furan rings is 2. The lowest BCUT2D eigenvalue weighted by Gasteiger charge is -2.46. The monoisotopic (exact) mass is 1460 g/mol. The van der Waals surface area contributed by atoms with E-state index in [1.165, 1.54) is 0 Å². The molecule has 0 N–H and O–H groups in total. The Balaban J connectivity index is 0.946. The summed E-state index contributed by atoms with van der Waals surface area (Å²) < 4.78 is 171. The molecule has 17 aromatic carbocycles. The number of hydrogen-bond acceptors (Lipinski definition) is 4. The molecule has 6 nitrogen and oxygen atoms in total. The van der Waals surface area contributed by atoms with Crippen molar-refractivity contribution in [2.45, 2.75) is 26.2 Å². The molecule has 0 saturated heterocycles. The molecule has 2 aliphatic heterocycles. The molecule has 4 aromatic heterocycles. The standard InChI is InChI=1S/C106H71BN4O2/c1-106(2,3)72-62-96-102-97(63-72)111(104-85(69-36-14-7-15-37-69)59-71(67-32-10-5-11-33-67)61-87(104)82-46-28-45-81-79-42-20-26-51-98(79)113-105(81)82)95-65-74(109-92-49-24-18-40-77(92)78-41-19-25-50-93(78)109)55-57-89(95)107(102)88-56-54-73(108-90-47-22-16-38-75(90)76-39-17-23-48-91(76)108)64-94(88)110(96)103-84(68-34-12-6-13-35-68)58-70(66-30-8-4-9-31-66)60-86(103)80-44-29-53-100-101(80)83-43-21-27-52-99(83)112-100/h4-65H,1-3H3/i16D,17D,18D,19D,22D,23D,24D,25D,38D,39D,40D,41D,47D,48D,49D,50D. The van der Waals surface area contributed by atoms with Crippen molar-refractivity contribution in [3.63, 3.8) is 0 Å². The predicted molar refractivity (Wildman–Crippen MR) is 475 cm³/mol. The number of hydrogen-bond donors (Lipinski definition) is 0. The first-order valence-corrected chi connectivity index (χ1v) is 37.8. The molecule has 2 aliphatic rings. The first kappa shape index (κ1) is 50.3. The summed E-state index contributed by atoms with van der Waals surface area (Å²) in [5, 5.41) is 3.09. The molecule has 6 heterocycles. The quantitative estimate of drug-likeness (QED) is 0.128. The molecule has 0 fully saturated rings. The van der Waals surface area contributed by atoms with Crippen LogP contribution < -0.4 is 26.2 Å². The van der Waals surface area contributed by atoms with Gasteiger partial charge in [0.15, 0.2) is 0 Å². The highest BCUT2D eigenvalue weighted by molar-refractivity contribution is 7.00. The Hall–Kier alpha value is -14.4. The van der Waals surface area contributed by atoms with E-state index in [-0.39, 0.29) is 55.0 Å². The van der Waals surface area contributed by atoms with Gasteiger partial charge >= 0.3 is 0 Å². The van der Waals surface area contributed by atoms with Crippen molar-refractivity contribution >= 4 is 145 Å². The number of aromatic nitrogens is 2. The highest BCUT2D eigenvalue weighted by Gasteiger charge is 2.47. The van der Waals surface area contributed by atoms with Crippen LogP contribution in [0.1, 0.15) is 48.3 Å². The SMILES string of the molecule is [2H]c1c([2H])c([2H])c2c(c1[2H])c1c([2H])c([2H])c([2H])c([2H])c1n2-c1ccc2c(c1)N(c1c(-c3ccccc3)cc(-c3ccccc3)cc1-c1cccc3c1oc1ccccc13)c1cc(C(C)(C)C)cc3c1B2c1ccc(-n2c4c([2H])c([2H])c([2H])c([2H])c4c4c([2H])c([2H])c([2H])c([2H])c42)cc1N3c1c(-c2ccccc2)cc(-c2ccccc2)cc1-c1cccc2oc3ccccc3c12. The van der Waals surface area contributed by atoms with Gasteiger partial charge in [0, 0.05) is 105 Å². The minimum Gasteiger partial charge on any atom is -0.456 e. The van der Waals surface area contributed by atoms with Crippen molar-refractivity contribution in [1.82, 2.24) is 9.13 Å². The van der Waals surface area contributed by atoms with Crippen molar-refractivity contribution in [1.29, 1.82) is 0 Å². The van der Waals surface area contributed by atoms with E-state index < -0.39 is 109 Å². The average Bonchev–Trinajstić information content (AvgIpc) is 1.02. The summed E-state index contributed by atoms with van der Waals surface area (Å²) in [7, 11) is 0. The maximum Gasteiger partial charge on any atom is 0.252 e. The lowest BCUT2D eigenvalue weighted by molar-refractivity contribution is 0.590. The zero-order valence-corrected chi connectivity index (χ0v) is 61.2. The molecule has 0 radical (unpaired) electrons. The normalized spacial score (nSPS) is 14.7. The van der Waals surface area contributed by atoms with Crippen LogP contribution in [-0.4, -0.2) is 15.8 Å². The third-order valence-corrected chi connectivity index (χ3v) is 22.9. The van der Waals surface area contributed by atoms with Gasteiger partial charge in [-0.2, -0.15) is 0 Å². The summed E-state index contributed by atoms with van der Waals surface area (Å²) in [5.74, 6) is 0. The van der Waals surface area contributed by atoms with Crippen molar-refractivity contribution in [3.8, 4) is 78.1 Å². The van der Waals surface area contributed by atoms with Crippen molar-refractivity contribution in [2.24, 2.45) is 0 Å². The first-order chi connectivity index (χ1) is 62.4. The van der Waals surface area contributed by atoms with Crippen LogP contribution >= 0.6 is 0 Å². The Morgan fingerprint density at radius 1 is 0.292 bits per heavy atom. The fraction of sp³-hybridized carbons (Fsp3) is 0.0377. The lowest BCUT2D eigenvalue weighted by Crippen LogP contribution is -2.61. The van der Waals surface area contributed by atoms with Crippen LogP contribution in [0.15, 0.2) is 385 Å². The second kappa shape index (κ2) is 25.1. The number of nitrogens with zero attached hydrogens (tertiary/aromatic N) is 4. The third kappa shape index (κ3) is 9.94. The van der Waals surface area contributed by atoms with E-state index in [1.54, 1.807) is 9.13 Å². The zero-order chi connectivity index (χ0) is 88.7. The Labute approximate surface area is 676 Å². The lowest BCUT2D eigenvalue weighted by atomic mass is 9.33. The largest absolute Gasteiger partial charge is 0.456 e. The molecule has 0 aliphatic carbocycles. The van der Waals surface area contributed by atoms with Crippen LogP contribution in [0.3, 0.4) is 0 Å². The fourth-order valence-corrected chi connectivity index (χ4v) is 17.9. The topological polar surface area (TPSA) is 42.6 Å². The van der Waals surface area contributed by atoms with Gasteiger partial charge in [-0.25, -0.2) is 0 Å². The Morgan fingerprint density at radius 3 is 1.17 bits per heavy atom. The summed E-state index contributed by atoms with van der Waals surface area (Å²) in [4.78, 5) is 4.65. The average molecular weight is 1460 g/mol. The molecule has 7 heteroatoms. The number of anilines is 6. The van der Waals surface area contributed by atoms with Gasteiger partial charge in [-0.15, -0.1) is 0 Å². The van der Waals surface area contributed by atoms with Crippen LogP contribution in [0, 0.1) is 0 Å². The molecule has 113 heavy (non-hydrogen) atoms. The Bertz CT molecular complexity index is 8360. The maximum atomic E-state index is 10.0. The van der Waals surface area contributed by atoms with E-state index in [9.17, 15) is 21.9 Å². The molecule has 0 amide bonds. The summed E-state index contributed by atoms with van der Waals surface area (Å²) >= 11 is 0. The minimum absolute atomic E-state index is 0.0768. The highest BCUT2D eigenvalue weighted by atomic mass is 16.3. The first-order valence-electron chi connectivity index (χ1n) is 45.8. The third-order valence-electron chi connectivity index (χ3n) is 22.9. The maximum absolute atomic E-state index is 10.0. The van der Waals surface area contributed by atoms with Crippen LogP contribution in [0.4, 0.5) is 34.1 Å². The second-order valence-corrected chi connectivity index (χ2v) is 30.2. The van der Waals surface area contributed by atoms with E-state index in [2.05, 4.69) is 152 Å². The van der Waals surface area contributed by atoms with Crippen LogP contribution in [-0.2, 0) is 5.41 Å². The number of fused-ring (bicyclic) bond motifs is 16. The van der Waals surface area contributed by atoms with Gasteiger partial charge in [-0.3, -0.25) is 0 Å². The van der Waals surface area contributed by atoms with E-state index in [4.69, 9.17) is 8.83 Å². The van der Waals surface area contributed by atoms with Crippen LogP contribution in [0.25, 0.3) is 166 Å². The zero-order valence-electron chi connectivity index (χ0n) is 77.2. The van der Waals surface area contributed by atoms with Crippen molar-refractivity contribution in [2.75, 3.05) is 9.80 Å². The summed E-state index contributed by atoms with van der Waals surface area (Å²) in [6.07, 6.45) is 0. The molecule has 530 valence electrons. The molecule has 21 aromatic rings. The summed E-state index contributed by atoms with van der Waals surface area (Å²) in [6, 6.07) is 85.9.